The highest BCUT2D eigenvalue weighted by Crippen LogP contribution is 2.30. The molecule has 3 N–H and O–H groups in total. The molecule has 3 heterocycles. The van der Waals surface area contributed by atoms with E-state index >= 15 is 0 Å². The Morgan fingerprint density at radius 2 is 1.89 bits per heavy atom. The van der Waals surface area contributed by atoms with Gasteiger partial charge in [-0.15, -0.1) is 11.3 Å². The maximum atomic E-state index is 11.7. The summed E-state index contributed by atoms with van der Waals surface area (Å²) >= 11 is 3.03. The largest absolute Gasteiger partial charge is 0.395 e. The minimum Gasteiger partial charge on any atom is -0.395 e. The predicted molar refractivity (Wildman–Crippen MR) is 145 cm³/mol. The molecule has 1 fully saturated rings. The first-order chi connectivity index (χ1) is 17.4. The van der Waals surface area contributed by atoms with Crippen LogP contribution in [0.25, 0.3) is 0 Å². The lowest BCUT2D eigenvalue weighted by atomic mass is 10.2. The number of piperazine rings is 1. The zero-order valence-corrected chi connectivity index (χ0v) is 22.4. The highest BCUT2D eigenvalue weighted by molar-refractivity contribution is 7.99. The molecule has 0 aliphatic carbocycles. The van der Waals surface area contributed by atoms with Crippen molar-refractivity contribution < 1.29 is 9.90 Å². The number of aliphatic hydroxyl groups is 1. The maximum Gasteiger partial charge on any atom is 0.234 e. The van der Waals surface area contributed by atoms with Crippen LogP contribution in [0.2, 0.25) is 0 Å². The number of anilines is 4. The molecule has 0 radical (unpaired) electrons. The van der Waals surface area contributed by atoms with E-state index in [2.05, 4.69) is 44.2 Å². The van der Waals surface area contributed by atoms with Gasteiger partial charge >= 0.3 is 0 Å². The van der Waals surface area contributed by atoms with Crippen molar-refractivity contribution in [2.75, 3.05) is 54.9 Å². The molecule has 192 valence electrons. The SMILES string of the molecule is CCC(=O)Nc1ccc(Sc2nc(Nc3ncc(C(C)C)s3)nc(N3CCN(CCO)CC3)n2)cc1. The highest BCUT2D eigenvalue weighted by atomic mass is 32.2. The molecule has 3 aromatic rings. The summed E-state index contributed by atoms with van der Waals surface area (Å²) in [6.07, 6.45) is 2.32. The standard InChI is InChI=1S/C24H32N8O2S2/c1-4-20(34)26-17-5-7-18(8-6-17)35-24-29-21(28-23-25-15-19(36-23)16(2)3)27-22(30-24)32-11-9-31(10-12-32)13-14-33/h5-8,15-16,33H,4,9-14H2,1-3H3,(H,26,34)(H,25,27,28,29,30). The molecule has 1 aliphatic heterocycles. The minimum atomic E-state index is -0.0184. The third-order valence-corrected chi connectivity index (χ3v) is 7.74. The van der Waals surface area contributed by atoms with Gasteiger partial charge in [0.15, 0.2) is 10.3 Å². The molecule has 1 aromatic carbocycles. The zero-order chi connectivity index (χ0) is 25.5. The number of benzene rings is 1. The molecule has 4 rings (SSSR count). The van der Waals surface area contributed by atoms with Gasteiger partial charge in [0.05, 0.1) is 6.61 Å². The number of aliphatic hydroxyl groups excluding tert-OH is 1. The number of hydrogen-bond acceptors (Lipinski definition) is 11. The molecule has 0 spiro atoms. The van der Waals surface area contributed by atoms with Gasteiger partial charge in [0.25, 0.3) is 0 Å². The highest BCUT2D eigenvalue weighted by Gasteiger charge is 2.21. The van der Waals surface area contributed by atoms with Gasteiger partial charge in [-0.3, -0.25) is 15.0 Å². The summed E-state index contributed by atoms with van der Waals surface area (Å²) < 4.78 is 0. The van der Waals surface area contributed by atoms with Crippen LogP contribution in [0.3, 0.4) is 0 Å². The monoisotopic (exact) mass is 528 g/mol. The van der Waals surface area contributed by atoms with Crippen molar-refractivity contribution in [3.8, 4) is 0 Å². The van der Waals surface area contributed by atoms with E-state index in [1.807, 2.05) is 37.4 Å². The third kappa shape index (κ3) is 7.12. The Balaban J connectivity index is 1.55. The van der Waals surface area contributed by atoms with Crippen LogP contribution in [-0.2, 0) is 4.79 Å². The van der Waals surface area contributed by atoms with Crippen LogP contribution in [0, 0.1) is 0 Å². The number of carbonyl (C=O) groups excluding carboxylic acids is 1. The van der Waals surface area contributed by atoms with Crippen LogP contribution >= 0.6 is 23.1 Å². The van der Waals surface area contributed by atoms with Crippen LogP contribution in [0.1, 0.15) is 38.0 Å². The average molecular weight is 529 g/mol. The fourth-order valence-electron chi connectivity index (χ4n) is 3.57. The van der Waals surface area contributed by atoms with Crippen LogP contribution in [0.15, 0.2) is 40.5 Å². The van der Waals surface area contributed by atoms with Crippen molar-refractivity contribution in [2.45, 2.75) is 43.2 Å². The van der Waals surface area contributed by atoms with Crippen molar-refractivity contribution in [3.05, 3.63) is 35.3 Å². The van der Waals surface area contributed by atoms with E-state index < -0.39 is 0 Å². The van der Waals surface area contributed by atoms with Gasteiger partial charge in [0.1, 0.15) is 0 Å². The molecular weight excluding hydrogens is 496 g/mol. The lowest BCUT2D eigenvalue weighted by molar-refractivity contribution is -0.115. The second kappa shape index (κ2) is 12.4. The average Bonchev–Trinajstić information content (AvgIpc) is 3.34. The molecule has 1 aliphatic rings. The van der Waals surface area contributed by atoms with Gasteiger partial charge in [-0.1, -0.05) is 20.8 Å². The number of nitrogens with zero attached hydrogens (tertiary/aromatic N) is 6. The zero-order valence-electron chi connectivity index (χ0n) is 20.8. The van der Waals surface area contributed by atoms with Gasteiger partial charge in [-0.2, -0.15) is 15.0 Å². The number of rotatable bonds is 10. The Morgan fingerprint density at radius 1 is 1.14 bits per heavy atom. The second-order valence-electron chi connectivity index (χ2n) is 8.67. The quantitative estimate of drug-likeness (QED) is 0.358. The van der Waals surface area contributed by atoms with Crippen molar-refractivity contribution >= 4 is 51.7 Å². The first-order valence-electron chi connectivity index (χ1n) is 12.1. The Labute approximate surface area is 219 Å². The van der Waals surface area contributed by atoms with Crippen molar-refractivity contribution in [2.24, 2.45) is 0 Å². The number of thiazole rings is 1. The van der Waals surface area contributed by atoms with Crippen LogP contribution in [0.4, 0.5) is 22.7 Å². The van der Waals surface area contributed by atoms with Crippen LogP contribution in [0.5, 0.6) is 0 Å². The van der Waals surface area contributed by atoms with Gasteiger partial charge in [-0.25, -0.2) is 4.98 Å². The Morgan fingerprint density at radius 3 is 2.53 bits per heavy atom. The third-order valence-electron chi connectivity index (χ3n) is 5.65. The van der Waals surface area contributed by atoms with E-state index in [4.69, 9.17) is 9.97 Å². The molecule has 1 amide bonds. The normalized spacial score (nSPS) is 14.3. The van der Waals surface area contributed by atoms with Crippen LogP contribution in [-0.4, -0.2) is 75.2 Å². The van der Waals surface area contributed by atoms with E-state index in [-0.39, 0.29) is 12.5 Å². The second-order valence-corrected chi connectivity index (χ2v) is 10.8. The number of hydrogen-bond donors (Lipinski definition) is 3. The number of amides is 1. The molecule has 0 atom stereocenters. The summed E-state index contributed by atoms with van der Waals surface area (Å²) in [6, 6.07) is 7.63. The summed E-state index contributed by atoms with van der Waals surface area (Å²) in [6.45, 7) is 10.2. The van der Waals surface area contributed by atoms with Crippen molar-refractivity contribution in [1.82, 2.24) is 24.8 Å². The Hall–Kier alpha value is -2.80. The number of aromatic nitrogens is 4. The fraction of sp³-hybridized carbons (Fsp3) is 0.458. The molecular formula is C24H32N8O2S2. The molecule has 36 heavy (non-hydrogen) atoms. The number of carbonyl (C=O) groups is 1. The summed E-state index contributed by atoms with van der Waals surface area (Å²) in [7, 11) is 0. The Bertz CT molecular complexity index is 1150. The molecule has 10 nitrogen and oxygen atoms in total. The summed E-state index contributed by atoms with van der Waals surface area (Å²) in [4.78, 5) is 36.8. The topological polar surface area (TPSA) is 119 Å². The first kappa shape index (κ1) is 26.3. The molecule has 12 heteroatoms. The lowest BCUT2D eigenvalue weighted by Crippen LogP contribution is -2.47. The van der Waals surface area contributed by atoms with Gasteiger partial charge in [-0.05, 0) is 41.9 Å². The van der Waals surface area contributed by atoms with Gasteiger partial charge in [0.2, 0.25) is 17.8 Å². The Kier molecular flexibility index (Phi) is 9.08. The van der Waals surface area contributed by atoms with E-state index in [1.54, 1.807) is 11.3 Å². The lowest BCUT2D eigenvalue weighted by Gasteiger charge is -2.34. The van der Waals surface area contributed by atoms with Gasteiger partial charge < -0.3 is 15.3 Å². The fourth-order valence-corrected chi connectivity index (χ4v) is 5.12. The molecule has 0 bridgehead atoms. The van der Waals surface area contributed by atoms with Gasteiger partial charge in [0, 0.05) is 60.8 Å². The molecule has 2 aromatic heterocycles. The number of nitrogens with one attached hydrogen (secondary N) is 2. The predicted octanol–water partition coefficient (Wildman–Crippen LogP) is 3.81. The van der Waals surface area contributed by atoms with Crippen molar-refractivity contribution in [1.29, 1.82) is 0 Å². The van der Waals surface area contributed by atoms with E-state index in [0.29, 0.717) is 35.9 Å². The van der Waals surface area contributed by atoms with E-state index in [0.717, 1.165) is 41.9 Å². The molecule has 0 saturated carbocycles. The van der Waals surface area contributed by atoms with E-state index in [1.165, 1.54) is 16.6 Å². The number of β-amino-alcohol motifs (C(OH)–C–C–N with tert-alkyl or cyclic N) is 1. The van der Waals surface area contributed by atoms with E-state index in [9.17, 15) is 9.90 Å². The maximum absolute atomic E-state index is 11.7. The summed E-state index contributed by atoms with van der Waals surface area (Å²) in [5, 5.41) is 16.7. The van der Waals surface area contributed by atoms with Crippen molar-refractivity contribution in [3.63, 3.8) is 0 Å². The summed E-state index contributed by atoms with van der Waals surface area (Å²) in [5.41, 5.74) is 0.760. The molecule has 1 saturated heterocycles. The molecule has 0 unspecified atom stereocenters. The smallest absolute Gasteiger partial charge is 0.234 e. The van der Waals surface area contributed by atoms with Crippen LogP contribution < -0.4 is 15.5 Å². The first-order valence-corrected chi connectivity index (χ1v) is 13.7. The summed E-state index contributed by atoms with van der Waals surface area (Å²) in [5.74, 6) is 1.45. The minimum absolute atomic E-state index is 0.0184.